The van der Waals surface area contributed by atoms with Gasteiger partial charge in [0, 0.05) is 37.3 Å². The van der Waals surface area contributed by atoms with E-state index in [1.54, 1.807) is 6.20 Å². The van der Waals surface area contributed by atoms with Crippen molar-refractivity contribution < 1.29 is 9.53 Å². The summed E-state index contributed by atoms with van der Waals surface area (Å²) in [5, 5.41) is 6.93. The van der Waals surface area contributed by atoms with Gasteiger partial charge in [0.15, 0.2) is 0 Å². The van der Waals surface area contributed by atoms with Crippen molar-refractivity contribution in [2.45, 2.75) is 31.5 Å². The molecule has 2 atom stereocenters. The van der Waals surface area contributed by atoms with Gasteiger partial charge in [-0.25, -0.2) is 4.79 Å². The van der Waals surface area contributed by atoms with Crippen LogP contribution in [-0.2, 0) is 11.3 Å². The molecule has 0 aliphatic carbocycles. The Morgan fingerprint density at radius 2 is 2.20 bits per heavy atom. The van der Waals surface area contributed by atoms with Gasteiger partial charge in [0.2, 0.25) is 0 Å². The number of carbonyl (C=O) groups is 1. The van der Waals surface area contributed by atoms with Gasteiger partial charge >= 0.3 is 6.03 Å². The minimum atomic E-state index is -0.167. The fourth-order valence-electron chi connectivity index (χ4n) is 3.76. The fraction of sp³-hybridized carbons (Fsp3) is 0.474. The van der Waals surface area contributed by atoms with E-state index in [2.05, 4.69) is 20.5 Å². The third-order valence-electron chi connectivity index (χ3n) is 5.11. The number of benzene rings is 1. The van der Waals surface area contributed by atoms with Gasteiger partial charge < -0.3 is 15.4 Å². The Bertz CT molecular complexity index is 746. The van der Waals surface area contributed by atoms with Gasteiger partial charge in [0.25, 0.3) is 0 Å². The SMILES string of the molecule is O=C(NCc1cccc2cccnc12)NC[C@H]1CN2CCC[C@@H]2CO1. The van der Waals surface area contributed by atoms with Crippen LogP contribution in [0.15, 0.2) is 36.5 Å². The molecule has 2 aliphatic heterocycles. The molecular formula is C19H24N4O2. The predicted molar refractivity (Wildman–Crippen MR) is 96.3 cm³/mol. The highest BCUT2D eigenvalue weighted by Crippen LogP contribution is 2.22. The van der Waals surface area contributed by atoms with E-state index < -0.39 is 0 Å². The Morgan fingerprint density at radius 1 is 1.28 bits per heavy atom. The highest BCUT2D eigenvalue weighted by Gasteiger charge is 2.32. The van der Waals surface area contributed by atoms with E-state index in [0.29, 0.717) is 19.1 Å². The lowest BCUT2D eigenvalue weighted by molar-refractivity contribution is -0.0457. The van der Waals surface area contributed by atoms with Crippen LogP contribution in [0.4, 0.5) is 4.79 Å². The lowest BCUT2D eigenvalue weighted by Gasteiger charge is -2.35. The standard InChI is InChI=1S/C19H24N4O2/c24-19(22-11-17-12-23-9-3-7-16(23)13-25-17)21-10-15-5-1-4-14-6-2-8-20-18(14)15/h1-2,4-6,8,16-17H,3,7,9-13H2,(H2,21,22,24)/t16-,17+/m1/s1. The maximum absolute atomic E-state index is 12.1. The molecule has 6 nitrogen and oxygen atoms in total. The summed E-state index contributed by atoms with van der Waals surface area (Å²) < 4.78 is 5.87. The maximum Gasteiger partial charge on any atom is 0.315 e. The fourth-order valence-corrected chi connectivity index (χ4v) is 3.76. The summed E-state index contributed by atoms with van der Waals surface area (Å²) in [5.74, 6) is 0. The molecule has 6 heteroatoms. The van der Waals surface area contributed by atoms with E-state index in [9.17, 15) is 4.79 Å². The van der Waals surface area contributed by atoms with Crippen molar-refractivity contribution in [1.82, 2.24) is 20.5 Å². The van der Waals surface area contributed by atoms with Crippen molar-refractivity contribution in [1.29, 1.82) is 0 Å². The quantitative estimate of drug-likeness (QED) is 0.892. The first kappa shape index (κ1) is 16.3. The van der Waals surface area contributed by atoms with Gasteiger partial charge in [-0.2, -0.15) is 0 Å². The number of ether oxygens (including phenoxy) is 1. The van der Waals surface area contributed by atoms with Crippen LogP contribution < -0.4 is 10.6 Å². The third kappa shape index (κ3) is 3.75. The van der Waals surface area contributed by atoms with E-state index in [-0.39, 0.29) is 12.1 Å². The Balaban J connectivity index is 1.26. The van der Waals surface area contributed by atoms with Gasteiger partial charge in [0.05, 0.1) is 18.2 Å². The zero-order valence-electron chi connectivity index (χ0n) is 14.3. The lowest BCUT2D eigenvalue weighted by Crippen LogP contribution is -2.51. The summed E-state index contributed by atoms with van der Waals surface area (Å²) in [6.45, 7) is 3.86. The molecule has 4 rings (SSSR count). The highest BCUT2D eigenvalue weighted by molar-refractivity contribution is 5.82. The molecule has 25 heavy (non-hydrogen) atoms. The smallest absolute Gasteiger partial charge is 0.315 e. The van der Waals surface area contributed by atoms with E-state index in [0.717, 1.165) is 36.2 Å². The number of amides is 2. The molecule has 0 bridgehead atoms. The minimum Gasteiger partial charge on any atom is -0.373 e. The molecule has 0 saturated carbocycles. The average molecular weight is 340 g/mol. The molecule has 0 radical (unpaired) electrons. The minimum absolute atomic E-state index is 0.0827. The van der Waals surface area contributed by atoms with Crippen LogP contribution in [0.5, 0.6) is 0 Å². The number of carbonyl (C=O) groups excluding carboxylic acids is 1. The molecule has 1 aromatic carbocycles. The number of aromatic nitrogens is 1. The monoisotopic (exact) mass is 340 g/mol. The summed E-state index contributed by atoms with van der Waals surface area (Å²) in [7, 11) is 0. The Hall–Kier alpha value is -2.18. The molecule has 2 aromatic rings. The molecular weight excluding hydrogens is 316 g/mol. The van der Waals surface area contributed by atoms with Gasteiger partial charge in [-0.3, -0.25) is 9.88 Å². The van der Waals surface area contributed by atoms with E-state index >= 15 is 0 Å². The number of rotatable bonds is 4. The molecule has 2 aliphatic rings. The van der Waals surface area contributed by atoms with Gasteiger partial charge in [-0.15, -0.1) is 0 Å². The number of morpholine rings is 1. The molecule has 3 heterocycles. The predicted octanol–water partition coefficient (Wildman–Crippen LogP) is 1.90. The van der Waals surface area contributed by atoms with Crippen molar-refractivity contribution in [2.75, 3.05) is 26.2 Å². The number of para-hydroxylation sites is 1. The van der Waals surface area contributed by atoms with Crippen LogP contribution in [-0.4, -0.2) is 54.3 Å². The van der Waals surface area contributed by atoms with Crippen LogP contribution in [0.3, 0.4) is 0 Å². The maximum atomic E-state index is 12.1. The first-order valence-electron chi connectivity index (χ1n) is 8.99. The number of urea groups is 1. The Kier molecular flexibility index (Phi) is 4.81. The summed E-state index contributed by atoms with van der Waals surface area (Å²) in [5.41, 5.74) is 1.95. The van der Waals surface area contributed by atoms with Crippen molar-refractivity contribution in [2.24, 2.45) is 0 Å². The molecule has 2 saturated heterocycles. The van der Waals surface area contributed by atoms with Crippen molar-refractivity contribution in [3.63, 3.8) is 0 Å². The summed E-state index contributed by atoms with van der Waals surface area (Å²) >= 11 is 0. The molecule has 132 valence electrons. The van der Waals surface area contributed by atoms with Crippen LogP contribution >= 0.6 is 0 Å². The second-order valence-electron chi connectivity index (χ2n) is 6.80. The second-order valence-corrected chi connectivity index (χ2v) is 6.80. The molecule has 1 aromatic heterocycles. The number of fused-ring (bicyclic) bond motifs is 2. The first-order valence-corrected chi connectivity index (χ1v) is 8.99. The summed E-state index contributed by atoms with van der Waals surface area (Å²) in [4.78, 5) is 19.0. The number of pyridine rings is 1. The topological polar surface area (TPSA) is 66.5 Å². The normalized spacial score (nSPS) is 23.4. The number of hydrogen-bond donors (Lipinski definition) is 2. The van der Waals surface area contributed by atoms with E-state index in [4.69, 9.17) is 4.74 Å². The van der Waals surface area contributed by atoms with Gasteiger partial charge in [-0.05, 0) is 31.0 Å². The van der Waals surface area contributed by atoms with Crippen LogP contribution in [0.25, 0.3) is 10.9 Å². The zero-order chi connectivity index (χ0) is 17.1. The Labute approximate surface area is 147 Å². The van der Waals surface area contributed by atoms with Crippen LogP contribution in [0, 0.1) is 0 Å². The molecule has 2 amide bonds. The largest absolute Gasteiger partial charge is 0.373 e. The summed E-state index contributed by atoms with van der Waals surface area (Å²) in [6.07, 6.45) is 4.35. The molecule has 2 fully saturated rings. The number of nitrogens with one attached hydrogen (secondary N) is 2. The zero-order valence-corrected chi connectivity index (χ0v) is 14.3. The van der Waals surface area contributed by atoms with Crippen molar-refractivity contribution in [3.05, 3.63) is 42.1 Å². The van der Waals surface area contributed by atoms with Crippen LogP contribution in [0.1, 0.15) is 18.4 Å². The highest BCUT2D eigenvalue weighted by atomic mass is 16.5. The second kappa shape index (κ2) is 7.37. The van der Waals surface area contributed by atoms with Crippen molar-refractivity contribution in [3.8, 4) is 0 Å². The van der Waals surface area contributed by atoms with Gasteiger partial charge in [0.1, 0.15) is 0 Å². The van der Waals surface area contributed by atoms with E-state index in [1.165, 1.54) is 12.8 Å². The Morgan fingerprint density at radius 3 is 3.16 bits per heavy atom. The molecule has 0 unspecified atom stereocenters. The van der Waals surface area contributed by atoms with Gasteiger partial charge in [-0.1, -0.05) is 24.3 Å². The average Bonchev–Trinajstić information content (AvgIpc) is 3.12. The summed E-state index contributed by atoms with van der Waals surface area (Å²) in [6, 6.07) is 10.4. The molecule has 0 spiro atoms. The first-order chi connectivity index (χ1) is 12.3. The third-order valence-corrected chi connectivity index (χ3v) is 5.11. The molecule has 2 N–H and O–H groups in total. The number of nitrogens with zero attached hydrogens (tertiary/aromatic N) is 2. The van der Waals surface area contributed by atoms with Crippen LogP contribution in [0.2, 0.25) is 0 Å². The number of hydrogen-bond acceptors (Lipinski definition) is 4. The lowest BCUT2D eigenvalue weighted by atomic mass is 10.1. The van der Waals surface area contributed by atoms with Crippen molar-refractivity contribution >= 4 is 16.9 Å². The van der Waals surface area contributed by atoms with E-state index in [1.807, 2.05) is 30.3 Å².